The van der Waals surface area contributed by atoms with Gasteiger partial charge in [0.25, 0.3) is 5.56 Å². The summed E-state index contributed by atoms with van der Waals surface area (Å²) in [5, 5.41) is 1.93. The molecular formula is C23H22N2O4S2. The van der Waals surface area contributed by atoms with Crippen molar-refractivity contribution in [1.29, 1.82) is 0 Å². The van der Waals surface area contributed by atoms with Crippen molar-refractivity contribution >= 4 is 34.7 Å². The summed E-state index contributed by atoms with van der Waals surface area (Å²) >= 11 is 2.81. The number of thiazole rings is 1. The number of nitrogens with zero attached hydrogens (tertiary/aromatic N) is 2. The van der Waals surface area contributed by atoms with Gasteiger partial charge in [0.15, 0.2) is 4.80 Å². The molecular weight excluding hydrogens is 432 g/mol. The van der Waals surface area contributed by atoms with Crippen molar-refractivity contribution in [3.63, 3.8) is 0 Å². The van der Waals surface area contributed by atoms with Gasteiger partial charge in [-0.25, -0.2) is 9.79 Å². The molecule has 8 heteroatoms. The Bertz CT molecular complexity index is 1310. The van der Waals surface area contributed by atoms with E-state index in [1.165, 1.54) is 22.7 Å². The van der Waals surface area contributed by atoms with Crippen molar-refractivity contribution in [2.24, 2.45) is 4.99 Å². The molecule has 160 valence electrons. The maximum Gasteiger partial charge on any atom is 0.338 e. The summed E-state index contributed by atoms with van der Waals surface area (Å²) in [4.78, 5) is 32.4. The lowest BCUT2D eigenvalue weighted by atomic mass is 10.0. The van der Waals surface area contributed by atoms with E-state index in [0.29, 0.717) is 20.6 Å². The Hall–Kier alpha value is -2.97. The number of ether oxygens (including phenoxy) is 2. The van der Waals surface area contributed by atoms with Crippen LogP contribution < -0.4 is 19.6 Å². The predicted octanol–water partition coefficient (Wildman–Crippen LogP) is 3.26. The monoisotopic (exact) mass is 454 g/mol. The fraction of sp³-hybridized carbons (Fsp3) is 0.261. The van der Waals surface area contributed by atoms with Gasteiger partial charge >= 0.3 is 5.97 Å². The second-order valence-corrected chi connectivity index (χ2v) is 9.31. The topological polar surface area (TPSA) is 69.9 Å². The highest BCUT2D eigenvalue weighted by Crippen LogP contribution is 2.33. The smallest absolute Gasteiger partial charge is 0.338 e. The van der Waals surface area contributed by atoms with Crippen LogP contribution in [0.15, 0.2) is 62.8 Å². The largest absolute Gasteiger partial charge is 0.497 e. The molecule has 0 fully saturated rings. The lowest BCUT2D eigenvalue weighted by Crippen LogP contribution is -2.39. The van der Waals surface area contributed by atoms with E-state index < -0.39 is 12.0 Å². The van der Waals surface area contributed by atoms with Gasteiger partial charge in [0.1, 0.15) is 11.8 Å². The van der Waals surface area contributed by atoms with Crippen LogP contribution >= 0.6 is 22.7 Å². The zero-order valence-electron chi connectivity index (χ0n) is 17.6. The van der Waals surface area contributed by atoms with Crippen molar-refractivity contribution in [1.82, 2.24) is 4.57 Å². The van der Waals surface area contributed by atoms with Gasteiger partial charge < -0.3 is 9.47 Å². The summed E-state index contributed by atoms with van der Waals surface area (Å²) in [5.74, 6) is 0.305. The predicted molar refractivity (Wildman–Crippen MR) is 122 cm³/mol. The van der Waals surface area contributed by atoms with E-state index in [1.54, 1.807) is 32.4 Å². The van der Waals surface area contributed by atoms with Gasteiger partial charge in [-0.2, -0.15) is 0 Å². The average molecular weight is 455 g/mol. The zero-order chi connectivity index (χ0) is 22.1. The zero-order valence-corrected chi connectivity index (χ0v) is 19.3. The molecule has 31 heavy (non-hydrogen) atoms. The molecule has 1 aliphatic rings. The Morgan fingerprint density at radius 2 is 1.97 bits per heavy atom. The van der Waals surface area contributed by atoms with Crippen LogP contribution in [-0.2, 0) is 9.53 Å². The van der Waals surface area contributed by atoms with E-state index >= 15 is 0 Å². The van der Waals surface area contributed by atoms with Gasteiger partial charge in [-0.15, -0.1) is 11.3 Å². The van der Waals surface area contributed by atoms with Crippen molar-refractivity contribution in [2.75, 3.05) is 7.11 Å². The van der Waals surface area contributed by atoms with E-state index in [9.17, 15) is 9.59 Å². The molecule has 0 N–H and O–H groups in total. The Labute approximate surface area is 187 Å². The van der Waals surface area contributed by atoms with Crippen LogP contribution in [0, 0.1) is 0 Å². The van der Waals surface area contributed by atoms with Crippen LogP contribution in [0.5, 0.6) is 5.75 Å². The SMILES string of the molecule is COc1ccc(/C=c2/sc3n(c2=O)[C@H](c2cccs2)C(C(=O)OC(C)C)=C(C)N=3)cc1. The second kappa shape index (κ2) is 8.64. The van der Waals surface area contributed by atoms with Crippen LogP contribution in [0.4, 0.5) is 0 Å². The summed E-state index contributed by atoms with van der Waals surface area (Å²) in [6.45, 7) is 5.40. The summed E-state index contributed by atoms with van der Waals surface area (Å²) in [7, 11) is 1.61. The maximum absolute atomic E-state index is 13.4. The Morgan fingerprint density at radius 3 is 2.58 bits per heavy atom. The number of benzene rings is 1. The molecule has 6 nitrogen and oxygen atoms in total. The number of hydrogen-bond donors (Lipinski definition) is 0. The van der Waals surface area contributed by atoms with Gasteiger partial charge in [-0.3, -0.25) is 9.36 Å². The molecule has 3 heterocycles. The highest BCUT2D eigenvalue weighted by Gasteiger charge is 2.34. The van der Waals surface area contributed by atoms with E-state index in [0.717, 1.165) is 16.2 Å². The molecule has 1 aromatic carbocycles. The van der Waals surface area contributed by atoms with Crippen molar-refractivity contribution < 1.29 is 14.3 Å². The molecule has 0 bridgehead atoms. The van der Waals surface area contributed by atoms with Gasteiger partial charge in [0.05, 0.1) is 29.0 Å². The van der Waals surface area contributed by atoms with E-state index in [1.807, 2.05) is 47.9 Å². The third-order valence-electron chi connectivity index (χ3n) is 4.81. The molecule has 0 saturated carbocycles. The van der Waals surface area contributed by atoms with E-state index in [4.69, 9.17) is 9.47 Å². The maximum atomic E-state index is 13.4. The fourth-order valence-corrected chi connectivity index (χ4v) is 5.30. The van der Waals surface area contributed by atoms with E-state index in [2.05, 4.69) is 4.99 Å². The first kappa shape index (κ1) is 21.3. The second-order valence-electron chi connectivity index (χ2n) is 7.32. The minimum Gasteiger partial charge on any atom is -0.497 e. The number of esters is 1. The lowest BCUT2D eigenvalue weighted by Gasteiger charge is -2.24. The normalized spacial score (nSPS) is 16.3. The van der Waals surface area contributed by atoms with Crippen LogP contribution in [0.25, 0.3) is 6.08 Å². The summed E-state index contributed by atoms with van der Waals surface area (Å²) in [5.41, 5.74) is 1.68. The summed E-state index contributed by atoms with van der Waals surface area (Å²) < 4.78 is 12.8. The molecule has 0 amide bonds. The highest BCUT2D eigenvalue weighted by molar-refractivity contribution is 7.10. The quantitative estimate of drug-likeness (QED) is 0.555. The molecule has 2 aromatic heterocycles. The highest BCUT2D eigenvalue weighted by atomic mass is 32.1. The minimum atomic E-state index is -0.555. The van der Waals surface area contributed by atoms with Crippen LogP contribution in [0.1, 0.15) is 37.3 Å². The van der Waals surface area contributed by atoms with Gasteiger partial charge in [0, 0.05) is 4.88 Å². The lowest BCUT2D eigenvalue weighted by molar-refractivity contribution is -0.143. The molecule has 1 aliphatic heterocycles. The third kappa shape index (κ3) is 4.13. The third-order valence-corrected chi connectivity index (χ3v) is 6.72. The molecule has 0 radical (unpaired) electrons. The first-order valence-corrected chi connectivity index (χ1v) is 11.5. The van der Waals surface area contributed by atoms with Gasteiger partial charge in [0.2, 0.25) is 0 Å². The standard InChI is InChI=1S/C23H22N2O4S2/c1-13(2)29-22(27)19-14(3)24-23-25(20(19)17-6-5-11-30-17)21(26)18(31-23)12-15-7-9-16(28-4)10-8-15/h5-13,20H,1-4H3/b18-12+/t20-/m1/s1. The number of fused-ring (bicyclic) bond motifs is 1. The summed E-state index contributed by atoms with van der Waals surface area (Å²) in [6.07, 6.45) is 1.57. The molecule has 0 spiro atoms. The van der Waals surface area contributed by atoms with E-state index in [-0.39, 0.29) is 11.7 Å². The molecule has 0 aliphatic carbocycles. The number of carbonyl (C=O) groups excluding carboxylic acids is 1. The molecule has 0 saturated heterocycles. The van der Waals surface area contributed by atoms with Crippen LogP contribution in [0.3, 0.4) is 0 Å². The van der Waals surface area contributed by atoms with Crippen molar-refractivity contribution in [3.8, 4) is 5.75 Å². The molecule has 1 atom stereocenters. The Kier molecular flexibility index (Phi) is 5.93. The minimum absolute atomic E-state index is 0.180. The number of methoxy groups -OCH3 is 1. The molecule has 4 rings (SSSR count). The van der Waals surface area contributed by atoms with Crippen molar-refractivity contribution in [2.45, 2.75) is 32.9 Å². The number of allylic oxidation sites excluding steroid dienone is 1. The first-order valence-electron chi connectivity index (χ1n) is 9.80. The molecule has 0 unspecified atom stereocenters. The number of hydrogen-bond acceptors (Lipinski definition) is 7. The number of carbonyl (C=O) groups is 1. The average Bonchev–Trinajstić information content (AvgIpc) is 3.36. The number of rotatable bonds is 5. The van der Waals surface area contributed by atoms with Crippen molar-refractivity contribution in [3.05, 3.63) is 83.2 Å². The van der Waals surface area contributed by atoms with Gasteiger partial charge in [-0.1, -0.05) is 29.5 Å². The number of thiophene rings is 1. The van der Waals surface area contributed by atoms with Crippen LogP contribution in [0.2, 0.25) is 0 Å². The summed E-state index contributed by atoms with van der Waals surface area (Å²) in [6, 6.07) is 10.8. The first-order chi connectivity index (χ1) is 14.9. The Balaban J connectivity index is 1.88. The van der Waals surface area contributed by atoms with Gasteiger partial charge in [-0.05, 0) is 56.0 Å². The Morgan fingerprint density at radius 1 is 1.23 bits per heavy atom. The number of aromatic nitrogens is 1. The van der Waals surface area contributed by atoms with Crippen LogP contribution in [-0.4, -0.2) is 23.8 Å². The molecule has 3 aromatic rings. The fourth-order valence-electron chi connectivity index (χ4n) is 3.43.